The summed E-state index contributed by atoms with van der Waals surface area (Å²) >= 11 is 0. The van der Waals surface area contributed by atoms with Gasteiger partial charge in [-0.1, -0.05) is 37.5 Å². The number of carboxylic acid groups (broad SMARTS) is 1. The molecule has 2 heteroatoms. The molecule has 2 aliphatic rings. The minimum Gasteiger partial charge on any atom is -0.481 e. The third-order valence-electron chi connectivity index (χ3n) is 5.16. The Morgan fingerprint density at radius 2 is 1.85 bits per heavy atom. The average molecular weight is 272 g/mol. The van der Waals surface area contributed by atoms with Crippen molar-refractivity contribution in [2.75, 3.05) is 0 Å². The highest BCUT2D eigenvalue weighted by atomic mass is 16.4. The molecule has 0 heterocycles. The summed E-state index contributed by atoms with van der Waals surface area (Å²) in [5.74, 6) is 0.138. The number of rotatable bonds is 4. The topological polar surface area (TPSA) is 37.3 Å². The fraction of sp³-hybridized carbons (Fsp3) is 0.611. The smallest absolute Gasteiger partial charge is 0.303 e. The van der Waals surface area contributed by atoms with Gasteiger partial charge in [-0.25, -0.2) is 0 Å². The number of hydrogen-bond acceptors (Lipinski definition) is 1. The van der Waals surface area contributed by atoms with Gasteiger partial charge in [-0.05, 0) is 60.6 Å². The van der Waals surface area contributed by atoms with Crippen molar-refractivity contribution in [3.05, 3.63) is 34.9 Å². The number of fused-ring (bicyclic) bond motifs is 1. The second kappa shape index (κ2) is 5.99. The van der Waals surface area contributed by atoms with Gasteiger partial charge in [-0.15, -0.1) is 0 Å². The summed E-state index contributed by atoms with van der Waals surface area (Å²) in [6.45, 7) is 0. The molecular weight excluding hydrogens is 248 g/mol. The van der Waals surface area contributed by atoms with E-state index in [1.54, 1.807) is 0 Å². The largest absolute Gasteiger partial charge is 0.481 e. The molecule has 0 saturated heterocycles. The Morgan fingerprint density at radius 3 is 2.60 bits per heavy atom. The second-order valence-corrected chi connectivity index (χ2v) is 6.48. The van der Waals surface area contributed by atoms with Crippen LogP contribution in [0.25, 0.3) is 0 Å². The lowest BCUT2D eigenvalue weighted by Crippen LogP contribution is -2.19. The molecule has 2 nitrogen and oxygen atoms in total. The third-order valence-corrected chi connectivity index (χ3v) is 5.16. The highest BCUT2D eigenvalue weighted by Crippen LogP contribution is 2.39. The van der Waals surface area contributed by atoms with Crippen molar-refractivity contribution in [1.29, 1.82) is 0 Å². The maximum atomic E-state index is 11.3. The lowest BCUT2D eigenvalue weighted by atomic mass is 9.75. The number of carboxylic acids is 1. The average Bonchev–Trinajstić information content (AvgIpc) is 2.93. The monoisotopic (exact) mass is 272 g/mol. The molecule has 0 aliphatic heterocycles. The summed E-state index contributed by atoms with van der Waals surface area (Å²) in [5.41, 5.74) is 4.22. The molecule has 0 aromatic heterocycles. The maximum absolute atomic E-state index is 11.3. The van der Waals surface area contributed by atoms with Crippen LogP contribution in [0.1, 0.15) is 67.6 Å². The minimum atomic E-state index is -0.652. The predicted octanol–water partition coefficient (Wildman–Crippen LogP) is 4.31. The molecule has 0 amide bonds. The van der Waals surface area contributed by atoms with Crippen LogP contribution in [0, 0.1) is 5.92 Å². The van der Waals surface area contributed by atoms with Gasteiger partial charge in [0.1, 0.15) is 0 Å². The summed E-state index contributed by atoms with van der Waals surface area (Å²) in [6, 6.07) is 6.76. The third kappa shape index (κ3) is 2.89. The SMILES string of the molecule is O=C(O)CC(c1ccc2c(c1)CCC2)C1CCCCC1. The Morgan fingerprint density at radius 1 is 1.10 bits per heavy atom. The van der Waals surface area contributed by atoms with Crippen LogP contribution in [0.4, 0.5) is 0 Å². The molecule has 0 bridgehead atoms. The second-order valence-electron chi connectivity index (χ2n) is 6.48. The lowest BCUT2D eigenvalue weighted by Gasteiger charge is -2.30. The molecule has 1 atom stereocenters. The quantitative estimate of drug-likeness (QED) is 0.886. The molecule has 2 aliphatic carbocycles. The lowest BCUT2D eigenvalue weighted by molar-refractivity contribution is -0.137. The molecule has 1 saturated carbocycles. The number of aliphatic carboxylic acids is 1. The van der Waals surface area contributed by atoms with Crippen LogP contribution in [0.15, 0.2) is 18.2 Å². The molecule has 1 aromatic rings. The van der Waals surface area contributed by atoms with Crippen LogP contribution < -0.4 is 0 Å². The first-order valence-corrected chi connectivity index (χ1v) is 8.07. The summed E-state index contributed by atoms with van der Waals surface area (Å²) in [5, 5.41) is 9.27. The molecule has 1 N–H and O–H groups in total. The van der Waals surface area contributed by atoms with Crippen LogP contribution >= 0.6 is 0 Å². The van der Waals surface area contributed by atoms with Gasteiger partial charge in [0.25, 0.3) is 0 Å². The van der Waals surface area contributed by atoms with Crippen molar-refractivity contribution >= 4 is 5.97 Å². The van der Waals surface area contributed by atoms with Gasteiger partial charge in [-0.3, -0.25) is 4.79 Å². The van der Waals surface area contributed by atoms with E-state index in [0.717, 1.165) is 0 Å². The van der Waals surface area contributed by atoms with E-state index < -0.39 is 5.97 Å². The van der Waals surface area contributed by atoms with Crippen molar-refractivity contribution in [3.63, 3.8) is 0 Å². The minimum absolute atomic E-state index is 0.221. The zero-order valence-electron chi connectivity index (χ0n) is 12.1. The first kappa shape index (κ1) is 13.7. The Balaban J connectivity index is 1.85. The zero-order valence-corrected chi connectivity index (χ0v) is 12.1. The van der Waals surface area contributed by atoms with Gasteiger partial charge in [0, 0.05) is 0 Å². The standard InChI is InChI=1S/C18H24O2/c19-18(20)12-17(14-5-2-1-3-6-14)16-10-9-13-7-4-8-15(13)11-16/h9-11,14,17H,1-8,12H2,(H,19,20). The van der Waals surface area contributed by atoms with Gasteiger partial charge in [0.2, 0.25) is 0 Å². The van der Waals surface area contributed by atoms with E-state index in [1.165, 1.54) is 68.1 Å². The van der Waals surface area contributed by atoms with E-state index in [0.29, 0.717) is 12.3 Å². The molecule has 108 valence electrons. The molecule has 3 rings (SSSR count). The first-order chi connectivity index (χ1) is 9.74. The molecule has 20 heavy (non-hydrogen) atoms. The van der Waals surface area contributed by atoms with Crippen molar-refractivity contribution in [3.8, 4) is 0 Å². The Labute approximate surface area is 121 Å². The summed E-state index contributed by atoms with van der Waals surface area (Å²) in [4.78, 5) is 11.3. The van der Waals surface area contributed by atoms with Crippen LogP contribution in [0.3, 0.4) is 0 Å². The van der Waals surface area contributed by atoms with E-state index in [4.69, 9.17) is 0 Å². The Kier molecular flexibility index (Phi) is 4.09. The van der Waals surface area contributed by atoms with Gasteiger partial charge in [0.15, 0.2) is 0 Å². The maximum Gasteiger partial charge on any atom is 0.303 e. The Bertz CT molecular complexity index is 486. The van der Waals surface area contributed by atoms with E-state index in [-0.39, 0.29) is 5.92 Å². The van der Waals surface area contributed by atoms with Crippen molar-refractivity contribution in [2.45, 2.75) is 63.7 Å². The molecule has 0 radical (unpaired) electrons. The number of carbonyl (C=O) groups is 1. The van der Waals surface area contributed by atoms with Crippen molar-refractivity contribution in [1.82, 2.24) is 0 Å². The van der Waals surface area contributed by atoms with E-state index >= 15 is 0 Å². The van der Waals surface area contributed by atoms with E-state index in [9.17, 15) is 9.90 Å². The number of benzene rings is 1. The van der Waals surface area contributed by atoms with Gasteiger partial charge < -0.3 is 5.11 Å². The molecule has 1 unspecified atom stereocenters. The fourth-order valence-corrected chi connectivity index (χ4v) is 4.10. The van der Waals surface area contributed by atoms with Crippen molar-refractivity contribution in [2.24, 2.45) is 5.92 Å². The highest BCUT2D eigenvalue weighted by Gasteiger charge is 2.27. The summed E-state index contributed by atoms with van der Waals surface area (Å²) < 4.78 is 0. The zero-order chi connectivity index (χ0) is 13.9. The van der Waals surface area contributed by atoms with Crippen LogP contribution in [-0.2, 0) is 17.6 Å². The molecule has 1 aromatic carbocycles. The van der Waals surface area contributed by atoms with Gasteiger partial charge >= 0.3 is 5.97 Å². The molecule has 0 spiro atoms. The van der Waals surface area contributed by atoms with E-state index in [1.807, 2.05) is 0 Å². The number of hydrogen-bond donors (Lipinski definition) is 1. The van der Waals surface area contributed by atoms with Crippen LogP contribution in [0.5, 0.6) is 0 Å². The highest BCUT2D eigenvalue weighted by molar-refractivity contribution is 5.68. The molecular formula is C18H24O2. The predicted molar refractivity (Wildman–Crippen MR) is 80.0 cm³/mol. The summed E-state index contributed by atoms with van der Waals surface area (Å²) in [6.07, 6.45) is 10.2. The van der Waals surface area contributed by atoms with E-state index in [2.05, 4.69) is 18.2 Å². The Hall–Kier alpha value is -1.31. The van der Waals surface area contributed by atoms with Gasteiger partial charge in [-0.2, -0.15) is 0 Å². The van der Waals surface area contributed by atoms with Crippen LogP contribution in [-0.4, -0.2) is 11.1 Å². The normalized spacial score (nSPS) is 20.6. The summed E-state index contributed by atoms with van der Waals surface area (Å²) in [7, 11) is 0. The van der Waals surface area contributed by atoms with Crippen LogP contribution in [0.2, 0.25) is 0 Å². The number of aryl methyl sites for hydroxylation is 2. The first-order valence-electron chi connectivity index (χ1n) is 8.07. The van der Waals surface area contributed by atoms with Crippen molar-refractivity contribution < 1.29 is 9.90 Å². The molecule has 1 fully saturated rings. The van der Waals surface area contributed by atoms with Gasteiger partial charge in [0.05, 0.1) is 6.42 Å². The fourth-order valence-electron chi connectivity index (χ4n) is 4.10.